The van der Waals surface area contributed by atoms with Crippen molar-refractivity contribution in [1.82, 2.24) is 0 Å². The number of carbonyl (C=O) groups is 2. The third-order valence-electron chi connectivity index (χ3n) is 4.18. The molecule has 0 aromatic carbocycles. The van der Waals surface area contributed by atoms with Gasteiger partial charge in [-0.15, -0.1) is 0 Å². The molecule has 0 aromatic rings. The van der Waals surface area contributed by atoms with Crippen LogP contribution in [0.3, 0.4) is 0 Å². The summed E-state index contributed by atoms with van der Waals surface area (Å²) in [5.74, 6) is -2.87. The molecular weight excluding hydrogens is 450 g/mol. The molecule has 0 radical (unpaired) electrons. The van der Waals surface area contributed by atoms with Gasteiger partial charge in [0.25, 0.3) is 10.1 Å². The van der Waals surface area contributed by atoms with E-state index in [1.165, 1.54) is 0 Å². The minimum absolute atomic E-state index is 0. The summed E-state index contributed by atoms with van der Waals surface area (Å²) in [5.41, 5.74) is 0. The minimum atomic E-state index is -4.92. The summed E-state index contributed by atoms with van der Waals surface area (Å²) in [6.07, 6.45) is 6.45. The zero-order valence-corrected chi connectivity index (χ0v) is 24.3. The van der Waals surface area contributed by atoms with Crippen LogP contribution in [-0.2, 0) is 33.9 Å². The first-order valence-corrected chi connectivity index (χ1v) is 11.8. The molecule has 2 N–H and O–H groups in total. The Labute approximate surface area is 233 Å². The normalized spacial score (nSPS) is 12.0. The largest absolute Gasteiger partial charge is 1.00 e. The van der Waals surface area contributed by atoms with Gasteiger partial charge in [0.1, 0.15) is 6.10 Å². The van der Waals surface area contributed by atoms with Crippen molar-refractivity contribution < 1.29 is 104 Å². The van der Waals surface area contributed by atoms with Gasteiger partial charge in [-0.05, 0) is 12.8 Å². The Morgan fingerprint density at radius 3 is 1.68 bits per heavy atom. The number of aliphatic carboxylic acids is 1. The number of ether oxygens (including phenoxy) is 3. The molecule has 0 bridgehead atoms. The first-order valence-electron chi connectivity index (χ1n) is 10.3. The van der Waals surface area contributed by atoms with Gasteiger partial charge in [0.2, 0.25) is 0 Å². The molecule has 9 nitrogen and oxygen atoms in total. The monoisotopic (exact) mass is 488 g/mol. The van der Waals surface area contributed by atoms with Crippen LogP contribution in [0.2, 0.25) is 0 Å². The van der Waals surface area contributed by atoms with Crippen LogP contribution in [0.25, 0.3) is 0 Å². The van der Waals surface area contributed by atoms with Crippen molar-refractivity contribution in [3.63, 3.8) is 0 Å². The number of carboxylic acids is 1. The predicted molar refractivity (Wildman–Crippen MR) is 110 cm³/mol. The molecule has 0 rings (SSSR count). The first kappa shape index (κ1) is 36.3. The van der Waals surface area contributed by atoms with Crippen molar-refractivity contribution in [2.45, 2.75) is 83.0 Å². The Morgan fingerprint density at radius 1 is 0.871 bits per heavy atom. The van der Waals surface area contributed by atoms with E-state index in [1.807, 2.05) is 0 Å². The Balaban J connectivity index is -0.000000653. The molecule has 0 aliphatic carbocycles. The summed E-state index contributed by atoms with van der Waals surface area (Å²) in [6, 6.07) is 0. The van der Waals surface area contributed by atoms with E-state index in [1.54, 1.807) is 0 Å². The minimum Gasteiger partial charge on any atom is -1.00 e. The van der Waals surface area contributed by atoms with Gasteiger partial charge in [0.05, 0.1) is 19.6 Å². The fourth-order valence-corrected chi connectivity index (χ4v) is 3.11. The summed E-state index contributed by atoms with van der Waals surface area (Å²) in [5, 5.41) is 6.62. The van der Waals surface area contributed by atoms with Gasteiger partial charge in [-0.25, -0.2) is 0 Å². The zero-order chi connectivity index (χ0) is 22.1. The van der Waals surface area contributed by atoms with Gasteiger partial charge in [0, 0.05) is 13.2 Å². The third-order valence-corrected chi connectivity index (χ3v) is 5.26. The average Bonchev–Trinajstić information content (AvgIpc) is 2.63. The van der Waals surface area contributed by atoms with E-state index >= 15 is 0 Å². The zero-order valence-electron chi connectivity index (χ0n) is 21.5. The number of unbranched alkanes of at least 4 members (excludes halogenated alkanes) is 6. The molecule has 1 atom stereocenters. The Hall–Kier alpha value is 0.770. The van der Waals surface area contributed by atoms with Crippen LogP contribution in [0.1, 0.15) is 74.5 Å². The molecule has 1 unspecified atom stereocenters. The predicted octanol–water partition coefficient (Wildman–Crippen LogP) is -2.94. The van der Waals surface area contributed by atoms with E-state index in [4.69, 9.17) is 23.9 Å². The molecule has 0 saturated carbocycles. The van der Waals surface area contributed by atoms with E-state index in [-0.39, 0.29) is 75.2 Å². The van der Waals surface area contributed by atoms with E-state index in [2.05, 4.69) is 13.8 Å². The summed E-state index contributed by atoms with van der Waals surface area (Å²) in [6.45, 7) is 5.32. The molecule has 0 amide bonds. The third kappa shape index (κ3) is 21.1. The number of carboxylic acid groups (broad SMARTS) is 1. The van der Waals surface area contributed by atoms with Gasteiger partial charge in [-0.1, -0.05) is 52.4 Å². The van der Waals surface area contributed by atoms with Crippen molar-refractivity contribution in [2.24, 2.45) is 0 Å². The smallest absolute Gasteiger partial charge is 1.00 e. The molecule has 0 fully saturated rings. The van der Waals surface area contributed by atoms with Crippen molar-refractivity contribution in [3.8, 4) is 0 Å². The maximum absolute atomic E-state index is 12.0. The van der Waals surface area contributed by atoms with Gasteiger partial charge < -0.3 is 22.2 Å². The van der Waals surface area contributed by atoms with Crippen molar-refractivity contribution in [1.29, 1.82) is 0 Å². The maximum atomic E-state index is 12.0. The summed E-state index contributed by atoms with van der Waals surface area (Å²) in [4.78, 5) is 23.0. The summed E-state index contributed by atoms with van der Waals surface area (Å²) in [7, 11) is -4.92. The number of hydrogen-bond acceptors (Lipinski definition) is 7. The Kier molecular flexibility index (Phi) is 26.4. The van der Waals surface area contributed by atoms with Gasteiger partial charge in [-0.3, -0.25) is 14.1 Å². The summed E-state index contributed by atoms with van der Waals surface area (Å²) < 4.78 is 47.4. The van der Waals surface area contributed by atoms with Crippen molar-refractivity contribution in [2.75, 3.05) is 26.4 Å². The molecule has 176 valence electrons. The van der Waals surface area contributed by atoms with Crippen LogP contribution in [0, 0.1) is 0 Å². The standard InChI is InChI=1S/C19H36O9S.2Na.2H/c1-3-5-7-9-11-26-14-16(15-27-12-10-8-6-4-2)28-18(20)13-17(19(21)22)29(23,24)25;;;;/h16-17H,3-15H2,1-2H3,(H,21,22)(H,23,24,25);;;;/q;2*+1;2*-1. The molecule has 0 aromatic heterocycles. The van der Waals surface area contributed by atoms with Gasteiger partial charge in [0.15, 0.2) is 5.25 Å². The number of carbonyl (C=O) groups excluding carboxylic acids is 1. The Morgan fingerprint density at radius 2 is 1.32 bits per heavy atom. The topological polar surface area (TPSA) is 136 Å². The van der Waals surface area contributed by atoms with Crippen LogP contribution in [0.5, 0.6) is 0 Å². The number of hydrogen-bond donors (Lipinski definition) is 2. The molecular formula is C19H38Na2O9S. The molecule has 0 aliphatic heterocycles. The summed E-state index contributed by atoms with van der Waals surface area (Å²) >= 11 is 0. The van der Waals surface area contributed by atoms with E-state index < -0.39 is 39.8 Å². The van der Waals surface area contributed by atoms with E-state index in [0.29, 0.717) is 13.2 Å². The molecule has 31 heavy (non-hydrogen) atoms. The second-order valence-electron chi connectivity index (χ2n) is 6.93. The number of rotatable bonds is 19. The van der Waals surface area contributed by atoms with Crippen molar-refractivity contribution >= 4 is 22.1 Å². The van der Waals surface area contributed by atoms with Crippen LogP contribution in [0.4, 0.5) is 0 Å². The van der Waals surface area contributed by atoms with E-state index in [9.17, 15) is 18.0 Å². The fraction of sp³-hybridized carbons (Fsp3) is 0.895. The molecule has 0 heterocycles. The van der Waals surface area contributed by atoms with Crippen LogP contribution in [-0.4, -0.2) is 67.8 Å². The Bertz CT molecular complexity index is 553. The molecule has 0 spiro atoms. The second kappa shape index (κ2) is 22.6. The number of esters is 1. The molecule has 12 heteroatoms. The SMILES string of the molecule is CCCCCCOCC(COCCCCCC)OC(=O)CC(C(=O)O)S(=O)(=O)O.[H-].[H-].[Na+].[Na+]. The quantitative estimate of drug-likeness (QED) is 0.0847. The first-order chi connectivity index (χ1) is 13.7. The molecule has 0 aliphatic rings. The van der Waals surface area contributed by atoms with Crippen LogP contribution >= 0.6 is 0 Å². The average molecular weight is 489 g/mol. The van der Waals surface area contributed by atoms with Gasteiger partial charge in [-0.2, -0.15) is 8.42 Å². The van der Waals surface area contributed by atoms with Crippen molar-refractivity contribution in [3.05, 3.63) is 0 Å². The molecule has 0 saturated heterocycles. The van der Waals surface area contributed by atoms with Crippen LogP contribution in [0.15, 0.2) is 0 Å². The van der Waals surface area contributed by atoms with E-state index in [0.717, 1.165) is 51.4 Å². The van der Waals surface area contributed by atoms with Crippen LogP contribution < -0.4 is 59.1 Å². The maximum Gasteiger partial charge on any atom is 1.00 e. The second-order valence-corrected chi connectivity index (χ2v) is 8.53. The fourth-order valence-electron chi connectivity index (χ4n) is 2.51. The van der Waals surface area contributed by atoms with Gasteiger partial charge >= 0.3 is 71.1 Å².